The molecule has 0 radical (unpaired) electrons. The van der Waals surface area contributed by atoms with Crippen LogP contribution >= 0.6 is 0 Å². The number of nitrogens with zero attached hydrogens (tertiary/aromatic N) is 1. The average molecular weight is 187 g/mol. The highest BCUT2D eigenvalue weighted by molar-refractivity contribution is 5.73. The molecule has 1 fully saturated rings. The Kier molecular flexibility index (Phi) is 2.87. The minimum Gasteiger partial charge on any atom is -0.481 e. The van der Waals surface area contributed by atoms with Gasteiger partial charge >= 0.3 is 11.9 Å². The maximum atomic E-state index is 10.7. The predicted molar refractivity (Wildman–Crippen MR) is 44.4 cm³/mol. The number of carbonyl (C=O) groups is 2. The lowest BCUT2D eigenvalue weighted by atomic mass is 9.93. The Morgan fingerprint density at radius 2 is 2.00 bits per heavy atom. The molecule has 0 amide bonds. The van der Waals surface area contributed by atoms with Crippen molar-refractivity contribution in [1.29, 1.82) is 0 Å². The zero-order chi connectivity index (χ0) is 10.0. The Hall–Kier alpha value is -1.10. The molecule has 0 saturated carbocycles. The first-order valence-corrected chi connectivity index (χ1v) is 4.14. The molecule has 2 N–H and O–H groups in total. The van der Waals surface area contributed by atoms with Gasteiger partial charge in [-0.1, -0.05) is 0 Å². The summed E-state index contributed by atoms with van der Waals surface area (Å²) in [5, 5.41) is 17.3. The first-order valence-electron chi connectivity index (χ1n) is 4.14. The number of likely N-dealkylation sites (tertiary alicyclic amines) is 1. The van der Waals surface area contributed by atoms with Crippen LogP contribution in [-0.2, 0) is 9.59 Å². The van der Waals surface area contributed by atoms with E-state index >= 15 is 0 Å². The van der Waals surface area contributed by atoms with Crippen molar-refractivity contribution in [2.45, 2.75) is 6.42 Å². The lowest BCUT2D eigenvalue weighted by Crippen LogP contribution is -2.24. The number of carboxylic acids is 2. The molecule has 1 aliphatic heterocycles. The van der Waals surface area contributed by atoms with E-state index in [4.69, 9.17) is 10.2 Å². The van der Waals surface area contributed by atoms with Gasteiger partial charge in [0.1, 0.15) is 0 Å². The summed E-state index contributed by atoms with van der Waals surface area (Å²) in [6.45, 7) is 1.01. The summed E-state index contributed by atoms with van der Waals surface area (Å²) in [7, 11) is 1.80. The third-order valence-corrected chi connectivity index (χ3v) is 2.38. The highest BCUT2D eigenvalue weighted by Gasteiger charge is 2.36. The highest BCUT2D eigenvalue weighted by Crippen LogP contribution is 2.25. The monoisotopic (exact) mass is 187 g/mol. The number of aliphatic carboxylic acids is 2. The molecule has 0 aromatic rings. The summed E-state index contributed by atoms with van der Waals surface area (Å²) in [5.41, 5.74) is 0. The van der Waals surface area contributed by atoms with Crippen molar-refractivity contribution in [2.75, 3.05) is 20.1 Å². The van der Waals surface area contributed by atoms with Gasteiger partial charge in [-0.05, 0) is 13.0 Å². The van der Waals surface area contributed by atoms with E-state index in [0.717, 1.165) is 0 Å². The third kappa shape index (κ3) is 2.42. The van der Waals surface area contributed by atoms with E-state index < -0.39 is 17.9 Å². The second-order valence-corrected chi connectivity index (χ2v) is 3.52. The summed E-state index contributed by atoms with van der Waals surface area (Å²) >= 11 is 0. The van der Waals surface area contributed by atoms with Gasteiger partial charge in [-0.2, -0.15) is 0 Å². The fourth-order valence-electron chi connectivity index (χ4n) is 1.80. The molecule has 5 nitrogen and oxygen atoms in total. The summed E-state index contributed by atoms with van der Waals surface area (Å²) in [6, 6.07) is 0. The van der Waals surface area contributed by atoms with Crippen LogP contribution in [0.4, 0.5) is 0 Å². The summed E-state index contributed by atoms with van der Waals surface area (Å²) < 4.78 is 0. The van der Waals surface area contributed by atoms with E-state index in [1.807, 2.05) is 4.90 Å². The molecule has 1 rings (SSSR count). The van der Waals surface area contributed by atoms with Crippen LogP contribution < -0.4 is 0 Å². The predicted octanol–water partition coefficient (Wildman–Crippen LogP) is -0.276. The Bertz CT molecular complexity index is 228. The van der Waals surface area contributed by atoms with Crippen molar-refractivity contribution in [1.82, 2.24) is 4.90 Å². The molecule has 0 bridgehead atoms. The second-order valence-electron chi connectivity index (χ2n) is 3.52. The van der Waals surface area contributed by atoms with Crippen LogP contribution in [0, 0.1) is 11.8 Å². The van der Waals surface area contributed by atoms with Crippen LogP contribution in [0.3, 0.4) is 0 Å². The fraction of sp³-hybridized carbons (Fsp3) is 0.750. The molecule has 0 aromatic heterocycles. The highest BCUT2D eigenvalue weighted by atomic mass is 16.4. The quantitative estimate of drug-likeness (QED) is 0.635. The largest absolute Gasteiger partial charge is 0.481 e. The molecule has 0 aromatic carbocycles. The van der Waals surface area contributed by atoms with E-state index in [2.05, 4.69) is 0 Å². The standard InChI is InChI=1S/C8H13NO4/c1-9-3-5(2-7(10)11)6(4-9)8(12)13/h5-6H,2-4H2,1H3,(H,10,11)(H,12,13)/t5-,6-/m1/s1. The summed E-state index contributed by atoms with van der Waals surface area (Å²) in [6.07, 6.45) is -0.0543. The van der Waals surface area contributed by atoms with E-state index in [9.17, 15) is 9.59 Å². The second kappa shape index (κ2) is 3.74. The van der Waals surface area contributed by atoms with Crippen LogP contribution in [-0.4, -0.2) is 47.2 Å². The van der Waals surface area contributed by atoms with Gasteiger partial charge in [-0.3, -0.25) is 9.59 Å². The van der Waals surface area contributed by atoms with Crippen molar-refractivity contribution in [3.8, 4) is 0 Å². The first-order chi connectivity index (χ1) is 6.00. The van der Waals surface area contributed by atoms with Crippen LogP contribution in [0.25, 0.3) is 0 Å². The third-order valence-electron chi connectivity index (χ3n) is 2.38. The lowest BCUT2D eigenvalue weighted by Gasteiger charge is -2.10. The lowest BCUT2D eigenvalue weighted by molar-refractivity contribution is -0.143. The fourth-order valence-corrected chi connectivity index (χ4v) is 1.80. The normalized spacial score (nSPS) is 29.0. The van der Waals surface area contributed by atoms with Gasteiger partial charge in [0, 0.05) is 13.1 Å². The zero-order valence-corrected chi connectivity index (χ0v) is 7.43. The zero-order valence-electron chi connectivity index (χ0n) is 7.43. The van der Waals surface area contributed by atoms with Gasteiger partial charge in [0.05, 0.1) is 12.3 Å². The molecule has 1 aliphatic rings. The van der Waals surface area contributed by atoms with E-state index in [0.29, 0.717) is 13.1 Å². The van der Waals surface area contributed by atoms with Crippen molar-refractivity contribution in [2.24, 2.45) is 11.8 Å². The maximum Gasteiger partial charge on any atom is 0.308 e. The summed E-state index contributed by atoms with van der Waals surface area (Å²) in [5.74, 6) is -2.59. The summed E-state index contributed by atoms with van der Waals surface area (Å²) in [4.78, 5) is 23.0. The van der Waals surface area contributed by atoms with Crippen molar-refractivity contribution < 1.29 is 19.8 Å². The SMILES string of the molecule is CN1C[C@@H](CC(=O)O)[C@H](C(=O)O)C1. The van der Waals surface area contributed by atoms with Crippen molar-refractivity contribution in [3.05, 3.63) is 0 Å². The van der Waals surface area contributed by atoms with Gasteiger partial charge in [-0.15, -0.1) is 0 Å². The Morgan fingerprint density at radius 1 is 1.38 bits per heavy atom. The minimum absolute atomic E-state index is 0.0543. The van der Waals surface area contributed by atoms with Gasteiger partial charge in [0.2, 0.25) is 0 Å². The van der Waals surface area contributed by atoms with Gasteiger partial charge in [-0.25, -0.2) is 0 Å². The van der Waals surface area contributed by atoms with Crippen LogP contribution in [0.2, 0.25) is 0 Å². The number of rotatable bonds is 3. The molecule has 5 heteroatoms. The average Bonchev–Trinajstić information content (AvgIpc) is 2.29. The Balaban J connectivity index is 2.60. The molecule has 0 unspecified atom stereocenters. The van der Waals surface area contributed by atoms with E-state index in [1.165, 1.54) is 0 Å². The minimum atomic E-state index is -0.924. The molecule has 74 valence electrons. The first kappa shape index (κ1) is 9.98. The molecule has 1 saturated heterocycles. The van der Waals surface area contributed by atoms with Gasteiger partial charge in [0.25, 0.3) is 0 Å². The Labute approximate surface area is 76.0 Å². The number of carboxylic acid groups (broad SMARTS) is 2. The molecular weight excluding hydrogens is 174 g/mol. The van der Waals surface area contributed by atoms with Gasteiger partial charge < -0.3 is 15.1 Å². The van der Waals surface area contributed by atoms with E-state index in [1.54, 1.807) is 7.05 Å². The van der Waals surface area contributed by atoms with Gasteiger partial charge in [0.15, 0.2) is 0 Å². The molecule has 0 aliphatic carbocycles. The Morgan fingerprint density at radius 3 is 2.46 bits per heavy atom. The van der Waals surface area contributed by atoms with Crippen LogP contribution in [0.5, 0.6) is 0 Å². The molecular formula is C8H13NO4. The smallest absolute Gasteiger partial charge is 0.308 e. The van der Waals surface area contributed by atoms with Crippen LogP contribution in [0.1, 0.15) is 6.42 Å². The van der Waals surface area contributed by atoms with Crippen molar-refractivity contribution in [3.63, 3.8) is 0 Å². The topological polar surface area (TPSA) is 77.8 Å². The molecule has 0 spiro atoms. The maximum absolute atomic E-state index is 10.7. The molecule has 13 heavy (non-hydrogen) atoms. The number of hydrogen-bond acceptors (Lipinski definition) is 3. The van der Waals surface area contributed by atoms with E-state index in [-0.39, 0.29) is 12.3 Å². The molecule has 2 atom stereocenters. The number of hydrogen-bond donors (Lipinski definition) is 2. The van der Waals surface area contributed by atoms with Crippen molar-refractivity contribution >= 4 is 11.9 Å². The van der Waals surface area contributed by atoms with Crippen LogP contribution in [0.15, 0.2) is 0 Å². The molecule has 1 heterocycles.